The molecule has 1 saturated heterocycles. The van der Waals surface area contributed by atoms with E-state index in [1.165, 1.54) is 0 Å². The summed E-state index contributed by atoms with van der Waals surface area (Å²) in [6, 6.07) is 17.6. The third kappa shape index (κ3) is 6.23. The number of aryl methyl sites for hydroxylation is 1. The number of anilines is 1. The third-order valence-corrected chi connectivity index (χ3v) is 7.49. The number of piperazine rings is 1. The van der Waals surface area contributed by atoms with Crippen LogP contribution in [-0.4, -0.2) is 52.9 Å². The standard InChI is InChI=1S/C28H33N5O2S/c1-19-20(2)30-28(31-26(19)33-15-13-32(14-16-33)22(4)34)36-18-23-9-8-12-25(17-23)27(35)29-21(3)24-10-6-5-7-11-24/h5-12,17,21H,13-16,18H2,1-4H3,(H,29,35). The van der Waals surface area contributed by atoms with E-state index >= 15 is 0 Å². The monoisotopic (exact) mass is 503 g/mol. The Balaban J connectivity index is 1.41. The average molecular weight is 504 g/mol. The first-order valence-corrected chi connectivity index (χ1v) is 13.2. The van der Waals surface area contributed by atoms with Gasteiger partial charge in [-0.15, -0.1) is 0 Å². The topological polar surface area (TPSA) is 78.4 Å². The van der Waals surface area contributed by atoms with Crippen molar-refractivity contribution in [1.29, 1.82) is 0 Å². The molecule has 2 aromatic carbocycles. The molecule has 1 atom stereocenters. The van der Waals surface area contributed by atoms with Gasteiger partial charge in [0, 0.05) is 55.7 Å². The van der Waals surface area contributed by atoms with Crippen LogP contribution in [0.15, 0.2) is 59.8 Å². The van der Waals surface area contributed by atoms with Crippen molar-refractivity contribution in [3.05, 3.63) is 82.5 Å². The minimum atomic E-state index is -0.0902. The lowest BCUT2D eigenvalue weighted by Crippen LogP contribution is -2.48. The third-order valence-electron chi connectivity index (χ3n) is 6.57. The van der Waals surface area contributed by atoms with Crippen LogP contribution < -0.4 is 10.2 Å². The van der Waals surface area contributed by atoms with Gasteiger partial charge in [-0.05, 0) is 44.0 Å². The lowest BCUT2D eigenvalue weighted by Gasteiger charge is -2.35. The number of carbonyl (C=O) groups is 2. The molecule has 188 valence electrons. The molecule has 1 aromatic heterocycles. The van der Waals surface area contributed by atoms with Gasteiger partial charge >= 0.3 is 0 Å². The van der Waals surface area contributed by atoms with Crippen LogP contribution in [0.5, 0.6) is 0 Å². The summed E-state index contributed by atoms with van der Waals surface area (Å²) in [7, 11) is 0. The Morgan fingerprint density at radius 1 is 1.00 bits per heavy atom. The molecular formula is C28H33N5O2S. The molecule has 1 unspecified atom stereocenters. The summed E-state index contributed by atoms with van der Waals surface area (Å²) < 4.78 is 0. The van der Waals surface area contributed by atoms with Crippen LogP contribution in [0.1, 0.15) is 52.6 Å². The highest BCUT2D eigenvalue weighted by Gasteiger charge is 2.22. The van der Waals surface area contributed by atoms with Gasteiger partial charge in [0.15, 0.2) is 5.16 Å². The lowest BCUT2D eigenvalue weighted by molar-refractivity contribution is -0.129. The molecule has 2 amide bonds. The molecular weight excluding hydrogens is 470 g/mol. The number of amides is 2. The number of carbonyl (C=O) groups excluding carboxylic acids is 2. The molecule has 4 rings (SSSR count). The molecule has 1 N–H and O–H groups in total. The Morgan fingerprint density at radius 3 is 2.42 bits per heavy atom. The summed E-state index contributed by atoms with van der Waals surface area (Å²) >= 11 is 1.57. The Bertz CT molecular complexity index is 1230. The number of hydrogen-bond acceptors (Lipinski definition) is 6. The van der Waals surface area contributed by atoms with E-state index < -0.39 is 0 Å². The summed E-state index contributed by atoms with van der Waals surface area (Å²) in [6.45, 7) is 10.6. The van der Waals surface area contributed by atoms with Crippen LogP contribution in [0.2, 0.25) is 0 Å². The van der Waals surface area contributed by atoms with Crippen molar-refractivity contribution < 1.29 is 9.59 Å². The fourth-order valence-electron chi connectivity index (χ4n) is 4.25. The van der Waals surface area contributed by atoms with Crippen molar-refractivity contribution in [2.75, 3.05) is 31.1 Å². The molecule has 0 bridgehead atoms. The summed E-state index contributed by atoms with van der Waals surface area (Å²) in [4.78, 5) is 38.2. The molecule has 1 aliphatic heterocycles. The number of hydrogen-bond donors (Lipinski definition) is 1. The van der Waals surface area contributed by atoms with Crippen molar-refractivity contribution in [2.24, 2.45) is 0 Å². The van der Waals surface area contributed by atoms with E-state index in [1.807, 2.05) is 73.3 Å². The molecule has 1 aliphatic rings. The van der Waals surface area contributed by atoms with Crippen LogP contribution in [0.3, 0.4) is 0 Å². The van der Waals surface area contributed by atoms with Gasteiger partial charge < -0.3 is 15.1 Å². The number of nitrogens with zero attached hydrogens (tertiary/aromatic N) is 4. The summed E-state index contributed by atoms with van der Waals surface area (Å²) in [5, 5.41) is 3.80. The molecule has 0 radical (unpaired) electrons. The smallest absolute Gasteiger partial charge is 0.251 e. The number of nitrogens with one attached hydrogen (secondary N) is 1. The quantitative estimate of drug-likeness (QED) is 0.377. The highest BCUT2D eigenvalue weighted by Crippen LogP contribution is 2.27. The van der Waals surface area contributed by atoms with Gasteiger partial charge in [0.25, 0.3) is 5.91 Å². The number of rotatable bonds is 7. The molecule has 0 saturated carbocycles. The first-order valence-electron chi connectivity index (χ1n) is 12.2. The summed E-state index contributed by atoms with van der Waals surface area (Å²) in [6.07, 6.45) is 0. The molecule has 2 heterocycles. The molecule has 0 spiro atoms. The Morgan fingerprint density at radius 2 is 1.72 bits per heavy atom. The van der Waals surface area contributed by atoms with Crippen LogP contribution in [0, 0.1) is 13.8 Å². The predicted molar refractivity (Wildman–Crippen MR) is 144 cm³/mol. The molecule has 1 fully saturated rings. The van der Waals surface area contributed by atoms with Crippen LogP contribution in [-0.2, 0) is 10.5 Å². The van der Waals surface area contributed by atoms with E-state index in [0.29, 0.717) is 24.4 Å². The summed E-state index contributed by atoms with van der Waals surface area (Å²) in [5.41, 5.74) is 4.78. The van der Waals surface area contributed by atoms with Crippen molar-refractivity contribution in [2.45, 2.75) is 44.6 Å². The lowest BCUT2D eigenvalue weighted by atomic mass is 10.1. The highest BCUT2D eigenvalue weighted by atomic mass is 32.2. The molecule has 3 aromatic rings. The van der Waals surface area contributed by atoms with Crippen molar-refractivity contribution in [1.82, 2.24) is 20.2 Å². The van der Waals surface area contributed by atoms with E-state index in [0.717, 1.165) is 46.4 Å². The zero-order valence-corrected chi connectivity index (χ0v) is 22.1. The van der Waals surface area contributed by atoms with Gasteiger partial charge in [-0.2, -0.15) is 0 Å². The van der Waals surface area contributed by atoms with E-state index in [4.69, 9.17) is 9.97 Å². The van der Waals surface area contributed by atoms with Crippen molar-refractivity contribution in [3.8, 4) is 0 Å². The molecule has 36 heavy (non-hydrogen) atoms. The zero-order valence-electron chi connectivity index (χ0n) is 21.3. The fraction of sp³-hybridized carbons (Fsp3) is 0.357. The van der Waals surface area contributed by atoms with Gasteiger partial charge in [-0.3, -0.25) is 9.59 Å². The van der Waals surface area contributed by atoms with Crippen molar-refractivity contribution >= 4 is 29.4 Å². The second-order valence-corrected chi connectivity index (χ2v) is 10.1. The van der Waals surface area contributed by atoms with E-state index in [-0.39, 0.29) is 17.9 Å². The fourth-order valence-corrected chi connectivity index (χ4v) is 5.08. The highest BCUT2D eigenvalue weighted by molar-refractivity contribution is 7.98. The van der Waals surface area contributed by atoms with Crippen molar-refractivity contribution in [3.63, 3.8) is 0 Å². The van der Waals surface area contributed by atoms with E-state index in [1.54, 1.807) is 18.7 Å². The normalized spacial score (nSPS) is 14.4. The molecule has 0 aliphatic carbocycles. The van der Waals surface area contributed by atoms with Crippen LogP contribution in [0.4, 0.5) is 5.82 Å². The number of aromatic nitrogens is 2. The maximum atomic E-state index is 12.8. The molecule has 7 nitrogen and oxygen atoms in total. The van der Waals surface area contributed by atoms with Gasteiger partial charge in [0.1, 0.15) is 5.82 Å². The van der Waals surface area contributed by atoms with Crippen LogP contribution in [0.25, 0.3) is 0 Å². The second-order valence-electron chi connectivity index (χ2n) is 9.13. The Labute approximate surface area is 217 Å². The van der Waals surface area contributed by atoms with Gasteiger partial charge in [0.05, 0.1) is 6.04 Å². The summed E-state index contributed by atoms with van der Waals surface area (Å²) in [5.74, 6) is 1.63. The molecule has 8 heteroatoms. The number of benzene rings is 2. The zero-order chi connectivity index (χ0) is 25.7. The second kappa shape index (κ2) is 11.6. The predicted octanol–water partition coefficient (Wildman–Crippen LogP) is 4.55. The van der Waals surface area contributed by atoms with Gasteiger partial charge in [0.2, 0.25) is 5.91 Å². The minimum Gasteiger partial charge on any atom is -0.353 e. The largest absolute Gasteiger partial charge is 0.353 e. The average Bonchev–Trinajstić information content (AvgIpc) is 2.90. The van der Waals surface area contributed by atoms with E-state index in [2.05, 4.69) is 17.1 Å². The van der Waals surface area contributed by atoms with Gasteiger partial charge in [-0.1, -0.05) is 54.2 Å². The first kappa shape index (κ1) is 25.7. The maximum absolute atomic E-state index is 12.8. The first-order chi connectivity index (χ1) is 17.3. The van der Waals surface area contributed by atoms with Gasteiger partial charge in [-0.25, -0.2) is 9.97 Å². The maximum Gasteiger partial charge on any atom is 0.251 e. The number of thioether (sulfide) groups is 1. The Kier molecular flexibility index (Phi) is 8.25. The van der Waals surface area contributed by atoms with Crippen LogP contribution >= 0.6 is 11.8 Å². The van der Waals surface area contributed by atoms with E-state index in [9.17, 15) is 9.59 Å². The minimum absolute atomic E-state index is 0.0728. The Hall–Kier alpha value is -3.39. The SMILES string of the molecule is CC(=O)N1CCN(c2nc(SCc3cccc(C(=O)NC(C)c4ccccc4)c3)nc(C)c2C)CC1.